The van der Waals surface area contributed by atoms with E-state index in [1.807, 2.05) is 18.2 Å². The largest absolute Gasteiger partial charge is 0.484 e. The molecule has 2 aromatic rings. The van der Waals surface area contributed by atoms with E-state index in [2.05, 4.69) is 5.32 Å². The molecule has 0 heterocycles. The molecular formula is C19H19F2NO2. The van der Waals surface area contributed by atoms with E-state index in [-0.39, 0.29) is 18.1 Å². The van der Waals surface area contributed by atoms with E-state index in [0.29, 0.717) is 5.75 Å². The summed E-state index contributed by atoms with van der Waals surface area (Å²) >= 11 is 0. The minimum atomic E-state index is -0.678. The molecule has 2 aromatic carbocycles. The predicted octanol–water partition coefficient (Wildman–Crippen LogP) is 3.71. The Morgan fingerprint density at radius 3 is 2.75 bits per heavy atom. The number of ether oxygens (including phenoxy) is 1. The molecule has 1 atom stereocenters. The van der Waals surface area contributed by atoms with E-state index in [1.54, 1.807) is 6.92 Å². The molecule has 1 aliphatic rings. The molecule has 126 valence electrons. The lowest BCUT2D eigenvalue weighted by Gasteiger charge is -2.15. The van der Waals surface area contributed by atoms with Crippen molar-refractivity contribution >= 4 is 5.91 Å². The Balaban J connectivity index is 1.55. The number of aryl methyl sites for hydroxylation is 2. The molecule has 0 bridgehead atoms. The first kappa shape index (κ1) is 16.4. The fraction of sp³-hybridized carbons (Fsp3) is 0.316. The molecule has 0 aliphatic heterocycles. The smallest absolute Gasteiger partial charge is 0.258 e. The van der Waals surface area contributed by atoms with Crippen LogP contribution < -0.4 is 10.1 Å². The first-order valence-corrected chi connectivity index (χ1v) is 8.02. The van der Waals surface area contributed by atoms with Gasteiger partial charge >= 0.3 is 0 Å². The van der Waals surface area contributed by atoms with E-state index in [1.165, 1.54) is 23.3 Å². The van der Waals surface area contributed by atoms with Crippen LogP contribution in [-0.4, -0.2) is 12.5 Å². The summed E-state index contributed by atoms with van der Waals surface area (Å²) in [6.07, 6.45) is 3.29. The summed E-state index contributed by atoms with van der Waals surface area (Å²) < 4.78 is 32.1. The normalized spacial score (nSPS) is 14.1. The molecule has 0 radical (unpaired) electrons. The topological polar surface area (TPSA) is 38.3 Å². The van der Waals surface area contributed by atoms with Gasteiger partial charge in [0.2, 0.25) is 0 Å². The summed E-state index contributed by atoms with van der Waals surface area (Å²) in [5, 5.41) is 2.65. The van der Waals surface area contributed by atoms with Crippen LogP contribution in [0.1, 0.15) is 36.1 Å². The highest BCUT2D eigenvalue weighted by atomic mass is 19.1. The van der Waals surface area contributed by atoms with Crippen LogP contribution in [0.5, 0.6) is 5.75 Å². The molecule has 3 nitrogen and oxygen atoms in total. The van der Waals surface area contributed by atoms with E-state index in [0.717, 1.165) is 25.3 Å². The number of carbonyl (C=O) groups is 1. The van der Waals surface area contributed by atoms with E-state index < -0.39 is 17.7 Å². The second kappa shape index (κ2) is 6.99. The van der Waals surface area contributed by atoms with Gasteiger partial charge in [0.25, 0.3) is 5.91 Å². The van der Waals surface area contributed by atoms with Crippen LogP contribution in [-0.2, 0) is 17.6 Å². The van der Waals surface area contributed by atoms with Crippen LogP contribution in [0.2, 0.25) is 0 Å². The monoisotopic (exact) mass is 331 g/mol. The van der Waals surface area contributed by atoms with Gasteiger partial charge in [-0.3, -0.25) is 4.79 Å². The lowest BCUT2D eigenvalue weighted by molar-refractivity contribution is -0.123. The maximum atomic E-state index is 13.7. The van der Waals surface area contributed by atoms with Crippen molar-refractivity contribution < 1.29 is 18.3 Å². The maximum absolute atomic E-state index is 13.7. The van der Waals surface area contributed by atoms with Gasteiger partial charge < -0.3 is 10.1 Å². The molecule has 0 aromatic heterocycles. The quantitative estimate of drug-likeness (QED) is 0.907. The van der Waals surface area contributed by atoms with Gasteiger partial charge in [-0.1, -0.05) is 12.1 Å². The van der Waals surface area contributed by atoms with Crippen molar-refractivity contribution in [1.29, 1.82) is 0 Å². The first-order valence-electron chi connectivity index (χ1n) is 8.02. The van der Waals surface area contributed by atoms with Crippen molar-refractivity contribution in [2.75, 3.05) is 6.61 Å². The van der Waals surface area contributed by atoms with Crippen molar-refractivity contribution in [3.63, 3.8) is 0 Å². The number of carbonyl (C=O) groups excluding carboxylic acids is 1. The number of rotatable bonds is 5. The minimum Gasteiger partial charge on any atom is -0.484 e. The third-order valence-corrected chi connectivity index (χ3v) is 4.25. The number of benzene rings is 2. The number of hydrogen-bond donors (Lipinski definition) is 1. The Morgan fingerprint density at radius 2 is 1.96 bits per heavy atom. The zero-order chi connectivity index (χ0) is 17.1. The van der Waals surface area contributed by atoms with Gasteiger partial charge in [-0.05, 0) is 55.5 Å². The Hall–Kier alpha value is -2.43. The fourth-order valence-electron chi connectivity index (χ4n) is 3.00. The summed E-state index contributed by atoms with van der Waals surface area (Å²) in [5.41, 5.74) is 2.85. The number of amides is 1. The fourth-order valence-corrected chi connectivity index (χ4v) is 3.00. The zero-order valence-corrected chi connectivity index (χ0v) is 13.4. The van der Waals surface area contributed by atoms with Crippen LogP contribution in [0.3, 0.4) is 0 Å². The SMILES string of the molecule is C[C@@H](NC(=O)COc1ccc2c(c1)CCC2)c1ccc(F)cc1F. The molecule has 1 N–H and O–H groups in total. The van der Waals surface area contributed by atoms with Crippen LogP contribution >= 0.6 is 0 Å². The Labute approximate surface area is 139 Å². The average molecular weight is 331 g/mol. The van der Waals surface area contributed by atoms with Gasteiger partial charge in [-0.25, -0.2) is 8.78 Å². The van der Waals surface area contributed by atoms with E-state index in [4.69, 9.17) is 4.74 Å². The molecule has 0 unspecified atom stereocenters. The second-order valence-corrected chi connectivity index (χ2v) is 6.03. The third-order valence-electron chi connectivity index (χ3n) is 4.25. The standard InChI is InChI=1S/C19H19F2NO2/c1-12(17-8-6-15(20)10-18(17)21)22-19(23)11-24-16-7-5-13-3-2-4-14(13)9-16/h5-10,12H,2-4,11H2,1H3,(H,22,23)/t12-/m1/s1. The molecule has 0 saturated heterocycles. The molecule has 1 aliphatic carbocycles. The highest BCUT2D eigenvalue weighted by Crippen LogP contribution is 2.26. The molecule has 3 rings (SSSR count). The summed E-state index contributed by atoms with van der Waals surface area (Å²) in [6.45, 7) is 1.50. The van der Waals surface area contributed by atoms with Crippen LogP contribution in [0.25, 0.3) is 0 Å². The number of halogens is 2. The number of nitrogens with one attached hydrogen (secondary N) is 1. The molecule has 5 heteroatoms. The lowest BCUT2D eigenvalue weighted by Crippen LogP contribution is -2.31. The van der Waals surface area contributed by atoms with Gasteiger partial charge in [-0.15, -0.1) is 0 Å². The molecule has 1 amide bonds. The Morgan fingerprint density at radius 1 is 1.17 bits per heavy atom. The highest BCUT2D eigenvalue weighted by Gasteiger charge is 2.15. The third kappa shape index (κ3) is 3.72. The van der Waals surface area contributed by atoms with Crippen LogP contribution in [0, 0.1) is 11.6 Å². The molecule has 24 heavy (non-hydrogen) atoms. The molecule has 0 spiro atoms. The lowest BCUT2D eigenvalue weighted by atomic mass is 10.1. The van der Waals surface area contributed by atoms with Crippen molar-refractivity contribution in [3.05, 3.63) is 64.7 Å². The summed E-state index contributed by atoms with van der Waals surface area (Å²) in [4.78, 5) is 12.0. The zero-order valence-electron chi connectivity index (χ0n) is 13.4. The predicted molar refractivity (Wildman–Crippen MR) is 86.9 cm³/mol. The van der Waals surface area contributed by atoms with Crippen molar-refractivity contribution in [1.82, 2.24) is 5.32 Å². The summed E-state index contributed by atoms with van der Waals surface area (Å²) in [5.74, 6) is -1.02. The van der Waals surface area contributed by atoms with Crippen molar-refractivity contribution in [2.45, 2.75) is 32.2 Å². The Kier molecular flexibility index (Phi) is 4.79. The number of hydrogen-bond acceptors (Lipinski definition) is 2. The molecule has 0 fully saturated rings. The van der Waals surface area contributed by atoms with E-state index in [9.17, 15) is 13.6 Å². The number of fused-ring (bicyclic) bond motifs is 1. The second-order valence-electron chi connectivity index (χ2n) is 6.03. The molecule has 0 saturated carbocycles. The minimum absolute atomic E-state index is 0.147. The Bertz CT molecular complexity index is 761. The van der Waals surface area contributed by atoms with Gasteiger partial charge in [0.15, 0.2) is 6.61 Å². The van der Waals surface area contributed by atoms with Gasteiger partial charge in [0.1, 0.15) is 17.4 Å². The maximum Gasteiger partial charge on any atom is 0.258 e. The van der Waals surface area contributed by atoms with Crippen LogP contribution in [0.4, 0.5) is 8.78 Å². The van der Waals surface area contributed by atoms with Crippen LogP contribution in [0.15, 0.2) is 36.4 Å². The highest BCUT2D eigenvalue weighted by molar-refractivity contribution is 5.78. The van der Waals surface area contributed by atoms with Crippen molar-refractivity contribution in [3.8, 4) is 5.75 Å². The molecular weight excluding hydrogens is 312 g/mol. The van der Waals surface area contributed by atoms with Gasteiger partial charge in [0, 0.05) is 11.6 Å². The summed E-state index contributed by atoms with van der Waals surface area (Å²) in [6, 6.07) is 8.60. The van der Waals surface area contributed by atoms with Gasteiger partial charge in [-0.2, -0.15) is 0 Å². The average Bonchev–Trinajstić information content (AvgIpc) is 3.00. The van der Waals surface area contributed by atoms with E-state index >= 15 is 0 Å². The summed E-state index contributed by atoms with van der Waals surface area (Å²) in [7, 11) is 0. The first-order chi connectivity index (χ1) is 11.5. The van der Waals surface area contributed by atoms with Crippen molar-refractivity contribution in [2.24, 2.45) is 0 Å². The van der Waals surface area contributed by atoms with Gasteiger partial charge in [0.05, 0.1) is 6.04 Å².